The number of methoxy groups -OCH3 is 1. The van der Waals surface area contributed by atoms with E-state index in [9.17, 15) is 4.79 Å². The summed E-state index contributed by atoms with van der Waals surface area (Å²) in [6.07, 6.45) is 5.77. The lowest BCUT2D eigenvalue weighted by molar-refractivity contribution is 0.119. The molecule has 27 heavy (non-hydrogen) atoms. The second-order valence-corrected chi connectivity index (χ2v) is 8.09. The molecule has 146 valence electrons. The lowest BCUT2D eigenvalue weighted by Gasteiger charge is -2.30. The topological polar surface area (TPSA) is 56.6 Å². The third-order valence-electron chi connectivity index (χ3n) is 5.38. The maximum Gasteiger partial charge on any atom is 0.417 e. The van der Waals surface area contributed by atoms with Gasteiger partial charge in [0.15, 0.2) is 0 Å². The molecular formula is C21H29N3O3. The molecule has 0 spiro atoms. The first-order valence-electron chi connectivity index (χ1n) is 9.44. The van der Waals surface area contributed by atoms with Gasteiger partial charge in [-0.25, -0.2) is 4.79 Å². The van der Waals surface area contributed by atoms with Crippen molar-refractivity contribution in [3.8, 4) is 11.8 Å². The molecule has 3 rings (SSSR count). The molecule has 1 aromatic carbocycles. The van der Waals surface area contributed by atoms with E-state index < -0.39 is 6.09 Å². The smallest absolute Gasteiger partial charge is 0.417 e. The summed E-state index contributed by atoms with van der Waals surface area (Å²) in [6.45, 7) is 9.75. The first-order valence-corrected chi connectivity index (χ1v) is 9.44. The van der Waals surface area contributed by atoms with Crippen LogP contribution in [0, 0.1) is 0 Å². The Balaban J connectivity index is 2.09. The Morgan fingerprint density at radius 2 is 2.00 bits per heavy atom. The average Bonchev–Trinajstić information content (AvgIpc) is 3.25. The number of aromatic nitrogens is 2. The van der Waals surface area contributed by atoms with Crippen molar-refractivity contribution in [3.63, 3.8) is 0 Å². The van der Waals surface area contributed by atoms with Gasteiger partial charge >= 0.3 is 12.1 Å². The van der Waals surface area contributed by atoms with Gasteiger partial charge in [-0.1, -0.05) is 25.5 Å². The molecule has 1 heterocycles. The summed E-state index contributed by atoms with van der Waals surface area (Å²) in [5, 5.41) is 0. The molecule has 1 fully saturated rings. The molecule has 0 aliphatic heterocycles. The molecule has 6 heteroatoms. The molecule has 0 atom stereocenters. The van der Waals surface area contributed by atoms with Crippen LogP contribution in [0.2, 0.25) is 0 Å². The fraction of sp³-hybridized carbons (Fsp3) is 0.524. The number of amides is 1. The van der Waals surface area contributed by atoms with Crippen LogP contribution < -0.4 is 9.47 Å². The minimum absolute atomic E-state index is 0.275. The number of carbonyl (C=O) groups excluding carboxylic acids is 1. The van der Waals surface area contributed by atoms with Crippen molar-refractivity contribution >= 4 is 23.2 Å². The molecule has 0 radical (unpaired) electrons. The van der Waals surface area contributed by atoms with Gasteiger partial charge in [0.2, 0.25) is 0 Å². The van der Waals surface area contributed by atoms with Gasteiger partial charge < -0.3 is 14.4 Å². The van der Waals surface area contributed by atoms with Gasteiger partial charge in [0.05, 0.1) is 18.1 Å². The number of hydrogen-bond acceptors (Lipinski definition) is 4. The van der Waals surface area contributed by atoms with Crippen LogP contribution in [0.15, 0.2) is 18.7 Å². The summed E-state index contributed by atoms with van der Waals surface area (Å²) >= 11 is 0. The fourth-order valence-electron chi connectivity index (χ4n) is 3.46. The Bertz CT molecular complexity index is 858. The third kappa shape index (κ3) is 3.66. The van der Waals surface area contributed by atoms with Crippen LogP contribution in [0.25, 0.3) is 17.1 Å². The van der Waals surface area contributed by atoms with Crippen LogP contribution in [-0.2, 0) is 0 Å². The molecule has 2 aromatic rings. The number of nitrogens with zero attached hydrogens (tertiary/aromatic N) is 3. The average molecular weight is 371 g/mol. The first kappa shape index (κ1) is 19.3. The van der Waals surface area contributed by atoms with Gasteiger partial charge in [0, 0.05) is 30.3 Å². The van der Waals surface area contributed by atoms with E-state index in [-0.39, 0.29) is 11.6 Å². The Kier molecular flexibility index (Phi) is 5.18. The van der Waals surface area contributed by atoms with Crippen LogP contribution in [0.1, 0.15) is 58.1 Å². The van der Waals surface area contributed by atoms with E-state index in [4.69, 9.17) is 9.47 Å². The lowest BCUT2D eigenvalue weighted by atomic mass is 10.1. The number of fused-ring (bicyclic) bond motifs is 1. The molecule has 0 N–H and O–H groups in total. The first-order chi connectivity index (χ1) is 12.8. The Morgan fingerprint density at radius 3 is 2.56 bits per heavy atom. The number of carbonyl (C=O) groups is 1. The highest BCUT2D eigenvalue weighted by Crippen LogP contribution is 2.38. The zero-order valence-electron chi connectivity index (χ0n) is 16.9. The van der Waals surface area contributed by atoms with Crippen LogP contribution in [0.5, 0.6) is 11.8 Å². The van der Waals surface area contributed by atoms with Crippen LogP contribution >= 0.6 is 0 Å². The summed E-state index contributed by atoms with van der Waals surface area (Å²) in [4.78, 5) is 18.9. The molecule has 1 aliphatic carbocycles. The monoisotopic (exact) mass is 371 g/mol. The quantitative estimate of drug-likeness (QED) is 0.756. The molecule has 1 aliphatic rings. The predicted molar refractivity (Wildman–Crippen MR) is 107 cm³/mol. The normalized spacial score (nSPS) is 15.1. The zero-order valence-corrected chi connectivity index (χ0v) is 16.9. The van der Waals surface area contributed by atoms with Crippen molar-refractivity contribution in [2.45, 2.75) is 58.0 Å². The number of ether oxygens (including phenoxy) is 2. The Labute approximate surface area is 160 Å². The largest absolute Gasteiger partial charge is 0.496 e. The number of hydrogen-bond donors (Lipinski definition) is 0. The predicted octanol–water partition coefficient (Wildman–Crippen LogP) is 5.03. The molecule has 1 amide bonds. The zero-order chi connectivity index (χ0) is 19.8. The minimum Gasteiger partial charge on any atom is -0.496 e. The van der Waals surface area contributed by atoms with Gasteiger partial charge in [-0.05, 0) is 39.7 Å². The van der Waals surface area contributed by atoms with Gasteiger partial charge in [-0.15, -0.1) is 0 Å². The van der Waals surface area contributed by atoms with Crippen molar-refractivity contribution in [2.75, 3.05) is 14.2 Å². The molecule has 0 unspecified atom stereocenters. The summed E-state index contributed by atoms with van der Waals surface area (Å²) < 4.78 is 13.3. The van der Waals surface area contributed by atoms with Gasteiger partial charge in [0.25, 0.3) is 0 Å². The second kappa shape index (κ2) is 7.25. The van der Waals surface area contributed by atoms with E-state index in [0.29, 0.717) is 6.01 Å². The summed E-state index contributed by atoms with van der Waals surface area (Å²) in [7, 11) is 3.38. The third-order valence-corrected chi connectivity index (χ3v) is 5.38. The standard InChI is InChI=1S/C21H29N3O3/c1-7-14-12-16-17(13-18(14)26-6)24(15-10-8-9-11-15)19(22-16)27-20(25)23(5)21(2,3)4/h7,12-13,15H,1,8-11H2,2-6H3. The van der Waals surface area contributed by atoms with Gasteiger partial charge in [-0.2, -0.15) is 4.98 Å². The lowest BCUT2D eigenvalue weighted by Crippen LogP contribution is -2.44. The fourth-order valence-corrected chi connectivity index (χ4v) is 3.46. The van der Waals surface area contributed by atoms with Crippen molar-refractivity contribution < 1.29 is 14.3 Å². The highest BCUT2D eigenvalue weighted by Gasteiger charge is 2.29. The Hall–Kier alpha value is -2.50. The number of imidazole rings is 1. The van der Waals surface area contributed by atoms with E-state index in [1.807, 2.05) is 32.9 Å². The molecule has 1 saturated carbocycles. The van der Waals surface area contributed by atoms with Crippen molar-refractivity contribution in [3.05, 3.63) is 24.3 Å². The number of benzene rings is 1. The maximum atomic E-state index is 12.7. The summed E-state index contributed by atoms with van der Waals surface area (Å²) in [5.74, 6) is 0.737. The van der Waals surface area contributed by atoms with E-state index in [1.54, 1.807) is 25.1 Å². The molecule has 0 saturated heterocycles. The van der Waals surface area contributed by atoms with Gasteiger partial charge in [-0.3, -0.25) is 4.57 Å². The highest BCUT2D eigenvalue weighted by molar-refractivity contribution is 5.83. The van der Waals surface area contributed by atoms with E-state index in [1.165, 1.54) is 12.8 Å². The molecule has 0 bridgehead atoms. The highest BCUT2D eigenvalue weighted by atomic mass is 16.6. The molecule has 6 nitrogen and oxygen atoms in total. The van der Waals surface area contributed by atoms with Crippen LogP contribution in [0.3, 0.4) is 0 Å². The summed E-state index contributed by atoms with van der Waals surface area (Å²) in [6, 6.07) is 4.51. The van der Waals surface area contributed by atoms with E-state index in [2.05, 4.69) is 16.1 Å². The molecular weight excluding hydrogens is 342 g/mol. The minimum atomic E-state index is -0.409. The maximum absolute atomic E-state index is 12.7. The SMILES string of the molecule is C=Cc1cc2nc(OC(=O)N(C)C(C)(C)C)n(C3CCCC3)c2cc1OC. The van der Waals surface area contributed by atoms with Crippen LogP contribution in [-0.4, -0.2) is 40.2 Å². The van der Waals surface area contributed by atoms with Crippen molar-refractivity contribution in [1.29, 1.82) is 0 Å². The van der Waals surface area contributed by atoms with E-state index >= 15 is 0 Å². The van der Waals surface area contributed by atoms with Crippen LogP contribution in [0.4, 0.5) is 4.79 Å². The summed E-state index contributed by atoms with van der Waals surface area (Å²) in [5.41, 5.74) is 2.23. The van der Waals surface area contributed by atoms with Crippen molar-refractivity contribution in [2.24, 2.45) is 0 Å². The molecule has 1 aromatic heterocycles. The van der Waals surface area contributed by atoms with Gasteiger partial charge in [0.1, 0.15) is 5.75 Å². The number of rotatable bonds is 4. The Morgan fingerprint density at radius 1 is 1.33 bits per heavy atom. The van der Waals surface area contributed by atoms with E-state index in [0.717, 1.165) is 35.2 Å². The second-order valence-electron chi connectivity index (χ2n) is 8.09. The van der Waals surface area contributed by atoms with Crippen molar-refractivity contribution in [1.82, 2.24) is 14.5 Å².